The highest BCUT2D eigenvalue weighted by Gasteiger charge is 2.20. The zero-order valence-corrected chi connectivity index (χ0v) is 13.8. The monoisotopic (exact) mass is 311 g/mol. The van der Waals surface area contributed by atoms with Gasteiger partial charge in [0, 0.05) is 6.04 Å². The lowest BCUT2D eigenvalue weighted by atomic mass is 10.1. The van der Waals surface area contributed by atoms with Gasteiger partial charge in [-0.05, 0) is 42.7 Å². The van der Waals surface area contributed by atoms with Crippen molar-refractivity contribution in [1.29, 1.82) is 0 Å². The zero-order valence-electron chi connectivity index (χ0n) is 13.8. The minimum Gasteiger partial charge on any atom is -0.481 e. The van der Waals surface area contributed by atoms with Crippen LogP contribution in [0.5, 0.6) is 5.75 Å². The summed E-state index contributed by atoms with van der Waals surface area (Å²) in [7, 11) is 0. The van der Waals surface area contributed by atoms with Gasteiger partial charge in [0.05, 0.1) is 0 Å². The van der Waals surface area contributed by atoms with Crippen molar-refractivity contribution < 1.29 is 9.53 Å². The first-order valence-corrected chi connectivity index (χ1v) is 8.68. The Labute approximate surface area is 138 Å². The van der Waals surface area contributed by atoms with Gasteiger partial charge in [-0.25, -0.2) is 0 Å². The zero-order chi connectivity index (χ0) is 16.1. The van der Waals surface area contributed by atoms with Crippen molar-refractivity contribution in [3.63, 3.8) is 0 Å². The van der Waals surface area contributed by atoms with Gasteiger partial charge in [-0.1, -0.05) is 56.0 Å². The molecule has 1 N–H and O–H groups in total. The molecule has 1 saturated carbocycles. The van der Waals surface area contributed by atoms with Crippen molar-refractivity contribution in [3.8, 4) is 5.75 Å². The Kier molecular flexibility index (Phi) is 5.16. The van der Waals surface area contributed by atoms with Gasteiger partial charge in [-0.2, -0.15) is 0 Å². The summed E-state index contributed by atoms with van der Waals surface area (Å²) in [5.41, 5.74) is 0. The van der Waals surface area contributed by atoms with Crippen LogP contribution in [-0.2, 0) is 4.79 Å². The molecular weight excluding hydrogens is 286 g/mol. The maximum atomic E-state index is 12.4. The van der Waals surface area contributed by atoms with Crippen LogP contribution >= 0.6 is 0 Å². The summed E-state index contributed by atoms with van der Waals surface area (Å²) in [5.74, 6) is 0.734. The van der Waals surface area contributed by atoms with Crippen molar-refractivity contribution in [1.82, 2.24) is 5.32 Å². The fourth-order valence-corrected chi connectivity index (χ4v) is 3.24. The summed E-state index contributed by atoms with van der Waals surface area (Å²) in [6.45, 7) is 1.82. The predicted molar refractivity (Wildman–Crippen MR) is 93.7 cm³/mol. The summed E-state index contributed by atoms with van der Waals surface area (Å²) in [6, 6.07) is 14.4. The third-order valence-electron chi connectivity index (χ3n) is 4.60. The van der Waals surface area contributed by atoms with E-state index in [1.807, 2.05) is 37.3 Å². The number of carbonyl (C=O) groups excluding carboxylic acids is 1. The highest BCUT2D eigenvalue weighted by atomic mass is 16.5. The summed E-state index contributed by atoms with van der Waals surface area (Å²) in [6.07, 6.45) is 6.71. The molecule has 2 aromatic rings. The average molecular weight is 311 g/mol. The number of benzene rings is 2. The van der Waals surface area contributed by atoms with Crippen LogP contribution in [0.15, 0.2) is 42.5 Å². The molecule has 1 aliphatic carbocycles. The van der Waals surface area contributed by atoms with Crippen LogP contribution in [-0.4, -0.2) is 18.1 Å². The molecule has 23 heavy (non-hydrogen) atoms. The molecule has 1 unspecified atom stereocenters. The Morgan fingerprint density at radius 1 is 1.04 bits per heavy atom. The van der Waals surface area contributed by atoms with Gasteiger partial charge in [-0.15, -0.1) is 0 Å². The van der Waals surface area contributed by atoms with Crippen LogP contribution in [0.4, 0.5) is 0 Å². The maximum absolute atomic E-state index is 12.4. The van der Waals surface area contributed by atoms with E-state index >= 15 is 0 Å². The molecule has 2 aromatic carbocycles. The lowest BCUT2D eigenvalue weighted by molar-refractivity contribution is -0.128. The lowest BCUT2D eigenvalue weighted by Gasteiger charge is -2.20. The summed E-state index contributed by atoms with van der Waals surface area (Å²) in [5, 5.41) is 5.45. The van der Waals surface area contributed by atoms with Gasteiger partial charge >= 0.3 is 0 Å². The van der Waals surface area contributed by atoms with E-state index in [0.29, 0.717) is 6.04 Å². The first-order chi connectivity index (χ1) is 11.2. The molecule has 0 spiro atoms. The van der Waals surface area contributed by atoms with Gasteiger partial charge in [0.25, 0.3) is 5.91 Å². The number of ether oxygens (including phenoxy) is 1. The van der Waals surface area contributed by atoms with E-state index in [-0.39, 0.29) is 5.91 Å². The largest absolute Gasteiger partial charge is 0.481 e. The molecule has 3 nitrogen and oxygen atoms in total. The minimum absolute atomic E-state index is 0.00920. The summed E-state index contributed by atoms with van der Waals surface area (Å²) >= 11 is 0. The van der Waals surface area contributed by atoms with Gasteiger partial charge in [0.2, 0.25) is 0 Å². The van der Waals surface area contributed by atoms with E-state index in [1.165, 1.54) is 31.1 Å². The van der Waals surface area contributed by atoms with E-state index < -0.39 is 6.10 Å². The molecule has 0 heterocycles. The quantitative estimate of drug-likeness (QED) is 0.847. The van der Waals surface area contributed by atoms with Crippen molar-refractivity contribution >= 4 is 16.7 Å². The van der Waals surface area contributed by atoms with Crippen LogP contribution in [0, 0.1) is 0 Å². The second kappa shape index (κ2) is 7.49. The van der Waals surface area contributed by atoms with Crippen molar-refractivity contribution in [2.24, 2.45) is 0 Å². The number of hydrogen-bond acceptors (Lipinski definition) is 2. The number of rotatable bonds is 4. The van der Waals surface area contributed by atoms with Crippen LogP contribution in [0.3, 0.4) is 0 Å². The fourth-order valence-electron chi connectivity index (χ4n) is 3.24. The molecule has 0 aromatic heterocycles. The molecule has 1 amide bonds. The average Bonchev–Trinajstić information content (AvgIpc) is 2.83. The first kappa shape index (κ1) is 15.9. The Hall–Kier alpha value is -2.03. The SMILES string of the molecule is CC(Oc1ccc2ccccc2c1)C(=O)NC1CCCCCC1. The third-order valence-corrected chi connectivity index (χ3v) is 4.60. The van der Waals surface area contributed by atoms with Crippen molar-refractivity contribution in [3.05, 3.63) is 42.5 Å². The molecule has 122 valence electrons. The van der Waals surface area contributed by atoms with E-state index in [2.05, 4.69) is 17.4 Å². The highest BCUT2D eigenvalue weighted by Crippen LogP contribution is 2.22. The second-order valence-corrected chi connectivity index (χ2v) is 6.47. The highest BCUT2D eigenvalue weighted by molar-refractivity contribution is 5.84. The molecule has 3 rings (SSSR count). The van der Waals surface area contributed by atoms with Crippen molar-refractivity contribution in [2.75, 3.05) is 0 Å². The number of amides is 1. The van der Waals surface area contributed by atoms with Gasteiger partial charge < -0.3 is 10.1 Å². The van der Waals surface area contributed by atoms with E-state index in [4.69, 9.17) is 4.74 Å². The molecule has 0 radical (unpaired) electrons. The number of fused-ring (bicyclic) bond motifs is 1. The molecule has 0 saturated heterocycles. The number of nitrogens with one attached hydrogen (secondary N) is 1. The topological polar surface area (TPSA) is 38.3 Å². The second-order valence-electron chi connectivity index (χ2n) is 6.47. The van der Waals surface area contributed by atoms with E-state index in [9.17, 15) is 4.79 Å². The third kappa shape index (κ3) is 4.25. The lowest BCUT2D eigenvalue weighted by Crippen LogP contribution is -2.42. The molecular formula is C20H25NO2. The van der Waals surface area contributed by atoms with Crippen molar-refractivity contribution in [2.45, 2.75) is 57.6 Å². The van der Waals surface area contributed by atoms with Gasteiger partial charge in [0.15, 0.2) is 6.10 Å². The smallest absolute Gasteiger partial charge is 0.260 e. The Bertz CT molecular complexity index is 659. The first-order valence-electron chi connectivity index (χ1n) is 8.68. The predicted octanol–water partition coefficient (Wildman–Crippen LogP) is 4.45. The Morgan fingerprint density at radius 2 is 1.74 bits per heavy atom. The molecule has 0 aliphatic heterocycles. The molecule has 1 atom stereocenters. The number of hydrogen-bond donors (Lipinski definition) is 1. The van der Waals surface area contributed by atoms with Crippen LogP contribution in [0.25, 0.3) is 10.8 Å². The molecule has 0 bridgehead atoms. The Morgan fingerprint density at radius 3 is 2.48 bits per heavy atom. The van der Waals surface area contributed by atoms with Crippen LogP contribution in [0.1, 0.15) is 45.4 Å². The van der Waals surface area contributed by atoms with Crippen LogP contribution < -0.4 is 10.1 Å². The Balaban J connectivity index is 1.60. The van der Waals surface area contributed by atoms with E-state index in [1.54, 1.807) is 0 Å². The van der Waals surface area contributed by atoms with E-state index in [0.717, 1.165) is 24.0 Å². The maximum Gasteiger partial charge on any atom is 0.260 e. The minimum atomic E-state index is -0.473. The summed E-state index contributed by atoms with van der Waals surface area (Å²) in [4.78, 5) is 12.4. The molecule has 1 fully saturated rings. The van der Waals surface area contributed by atoms with Gasteiger partial charge in [-0.3, -0.25) is 4.79 Å². The normalized spacial score (nSPS) is 17.4. The number of carbonyl (C=O) groups is 1. The fraction of sp³-hybridized carbons (Fsp3) is 0.450. The van der Waals surface area contributed by atoms with Gasteiger partial charge in [0.1, 0.15) is 5.75 Å². The van der Waals surface area contributed by atoms with Crippen LogP contribution in [0.2, 0.25) is 0 Å². The standard InChI is InChI=1S/C20H25NO2/c1-15(20(22)21-18-10-4-2-3-5-11-18)23-19-13-12-16-8-6-7-9-17(16)14-19/h6-9,12-15,18H,2-5,10-11H2,1H3,(H,21,22). The summed E-state index contributed by atoms with van der Waals surface area (Å²) < 4.78 is 5.84. The molecule has 3 heteroatoms. The molecule has 1 aliphatic rings.